The number of rotatable bonds is 7. The molecule has 0 fully saturated rings. The second kappa shape index (κ2) is 9.14. The smallest absolute Gasteiger partial charge is 0.250 e. The Morgan fingerprint density at radius 1 is 1.19 bits per heavy atom. The van der Waals surface area contributed by atoms with Crippen molar-refractivity contribution in [1.82, 2.24) is 20.2 Å². The number of hydrogen-bond acceptors (Lipinski definition) is 5. The summed E-state index contributed by atoms with van der Waals surface area (Å²) in [5.41, 5.74) is 5.65. The molecular formula is C20H21N5OS. The first kappa shape index (κ1) is 18.8. The molecule has 0 saturated carbocycles. The molecule has 27 heavy (non-hydrogen) atoms. The third-order valence-corrected chi connectivity index (χ3v) is 4.81. The van der Waals surface area contributed by atoms with Gasteiger partial charge in [0.2, 0.25) is 0 Å². The molecule has 2 aromatic carbocycles. The lowest BCUT2D eigenvalue weighted by Crippen LogP contribution is -2.20. The molecule has 3 rings (SSSR count). The first-order chi connectivity index (χ1) is 13.2. The molecule has 0 aliphatic rings. The minimum absolute atomic E-state index is 0.184. The van der Waals surface area contributed by atoms with E-state index in [1.165, 1.54) is 11.8 Å². The molecule has 0 unspecified atom stereocenters. The molecule has 1 aromatic heterocycles. The number of aryl methyl sites for hydroxylation is 1. The molecular weight excluding hydrogens is 358 g/mol. The number of hydrogen-bond donors (Lipinski definition) is 1. The third kappa shape index (κ3) is 5.04. The summed E-state index contributed by atoms with van der Waals surface area (Å²) < 4.78 is 2.00. The van der Waals surface area contributed by atoms with Crippen molar-refractivity contribution in [3.63, 3.8) is 0 Å². The predicted octanol–water partition coefficient (Wildman–Crippen LogP) is 3.52. The highest BCUT2D eigenvalue weighted by atomic mass is 32.2. The molecule has 0 atom stereocenters. The van der Waals surface area contributed by atoms with Crippen LogP contribution in [0.25, 0.3) is 11.4 Å². The summed E-state index contributed by atoms with van der Waals surface area (Å²) in [5.74, 6) is 0.840. The van der Waals surface area contributed by atoms with Gasteiger partial charge in [0.25, 0.3) is 5.91 Å². The van der Waals surface area contributed by atoms with Gasteiger partial charge in [-0.1, -0.05) is 71.9 Å². The number of nitrogens with zero attached hydrogens (tertiary/aromatic N) is 4. The monoisotopic (exact) mass is 379 g/mol. The summed E-state index contributed by atoms with van der Waals surface area (Å²) in [6, 6.07) is 17.8. The van der Waals surface area contributed by atoms with E-state index in [9.17, 15) is 4.79 Å². The number of nitrogens with one attached hydrogen (secondary N) is 1. The van der Waals surface area contributed by atoms with Crippen molar-refractivity contribution in [3.8, 4) is 11.4 Å². The molecule has 1 amide bonds. The van der Waals surface area contributed by atoms with Crippen molar-refractivity contribution in [3.05, 3.63) is 65.7 Å². The average Bonchev–Trinajstić information content (AvgIpc) is 3.10. The van der Waals surface area contributed by atoms with Gasteiger partial charge in [0, 0.05) is 12.1 Å². The van der Waals surface area contributed by atoms with Crippen molar-refractivity contribution in [2.75, 3.05) is 5.75 Å². The van der Waals surface area contributed by atoms with Crippen LogP contribution >= 0.6 is 11.8 Å². The molecule has 0 radical (unpaired) electrons. The normalized spacial score (nSPS) is 11.0. The maximum Gasteiger partial charge on any atom is 0.250 e. The Hall–Kier alpha value is -2.93. The maximum atomic E-state index is 12.0. The lowest BCUT2D eigenvalue weighted by molar-refractivity contribution is -0.118. The SMILES string of the molecule is CCn1c(SCC(=O)N/N=C/c2cccc(C)c2)nnc1-c1ccccc1. The predicted molar refractivity (Wildman–Crippen MR) is 109 cm³/mol. The zero-order valence-corrected chi connectivity index (χ0v) is 16.1. The van der Waals surface area contributed by atoms with Gasteiger partial charge in [-0.05, 0) is 19.4 Å². The third-order valence-electron chi connectivity index (χ3n) is 3.84. The number of hydrazone groups is 1. The fourth-order valence-corrected chi connectivity index (χ4v) is 3.37. The summed E-state index contributed by atoms with van der Waals surface area (Å²) in [4.78, 5) is 12.0. The van der Waals surface area contributed by atoms with E-state index < -0.39 is 0 Å². The molecule has 0 aliphatic heterocycles. The van der Waals surface area contributed by atoms with E-state index in [-0.39, 0.29) is 11.7 Å². The molecule has 0 saturated heterocycles. The van der Waals surface area contributed by atoms with Crippen molar-refractivity contribution in [2.24, 2.45) is 5.10 Å². The molecule has 0 spiro atoms. The quantitative estimate of drug-likeness (QED) is 0.387. The van der Waals surface area contributed by atoms with Crippen LogP contribution in [-0.2, 0) is 11.3 Å². The second-order valence-electron chi connectivity index (χ2n) is 5.91. The first-order valence-electron chi connectivity index (χ1n) is 8.67. The molecule has 3 aromatic rings. The summed E-state index contributed by atoms with van der Waals surface area (Å²) >= 11 is 1.35. The largest absolute Gasteiger partial charge is 0.302 e. The minimum Gasteiger partial charge on any atom is -0.302 e. The van der Waals surface area contributed by atoms with Crippen LogP contribution in [0.5, 0.6) is 0 Å². The van der Waals surface area contributed by atoms with Gasteiger partial charge >= 0.3 is 0 Å². The van der Waals surface area contributed by atoms with Gasteiger partial charge in [-0.3, -0.25) is 4.79 Å². The summed E-state index contributed by atoms with van der Waals surface area (Å²) in [6.07, 6.45) is 1.64. The number of thioether (sulfide) groups is 1. The van der Waals surface area contributed by atoms with E-state index in [4.69, 9.17) is 0 Å². The molecule has 6 nitrogen and oxygen atoms in total. The standard InChI is InChI=1S/C20H21N5OS/c1-3-25-19(17-10-5-4-6-11-17)23-24-20(25)27-14-18(26)22-21-13-16-9-7-8-15(2)12-16/h4-13H,3,14H2,1-2H3,(H,22,26)/b21-13+. The van der Waals surface area contributed by atoms with Gasteiger partial charge in [-0.25, -0.2) is 5.43 Å². The van der Waals surface area contributed by atoms with Gasteiger partial charge in [-0.15, -0.1) is 10.2 Å². The topological polar surface area (TPSA) is 72.2 Å². The van der Waals surface area contributed by atoms with E-state index >= 15 is 0 Å². The molecule has 1 heterocycles. The van der Waals surface area contributed by atoms with Crippen LogP contribution in [0, 0.1) is 6.92 Å². The van der Waals surface area contributed by atoms with Gasteiger partial charge in [0.1, 0.15) is 0 Å². The van der Waals surface area contributed by atoms with Crippen LogP contribution in [-0.4, -0.2) is 32.6 Å². The molecule has 0 bridgehead atoms. The maximum absolute atomic E-state index is 12.0. The average molecular weight is 379 g/mol. The van der Waals surface area contributed by atoms with Gasteiger partial charge < -0.3 is 4.57 Å². The van der Waals surface area contributed by atoms with E-state index in [1.54, 1.807) is 6.21 Å². The Balaban J connectivity index is 1.58. The Morgan fingerprint density at radius 2 is 2.00 bits per heavy atom. The van der Waals surface area contributed by atoms with E-state index in [0.29, 0.717) is 5.16 Å². The fraction of sp³-hybridized carbons (Fsp3) is 0.200. The Labute approximate surface area is 162 Å². The van der Waals surface area contributed by atoms with Gasteiger partial charge in [0.15, 0.2) is 11.0 Å². The molecule has 7 heteroatoms. The number of amides is 1. The van der Waals surface area contributed by atoms with Crippen LogP contribution in [0.4, 0.5) is 0 Å². The zero-order valence-electron chi connectivity index (χ0n) is 15.3. The minimum atomic E-state index is -0.184. The number of aromatic nitrogens is 3. The second-order valence-corrected chi connectivity index (χ2v) is 6.85. The van der Waals surface area contributed by atoms with E-state index in [2.05, 4.69) is 20.7 Å². The van der Waals surface area contributed by atoms with Gasteiger partial charge in [0.05, 0.1) is 12.0 Å². The van der Waals surface area contributed by atoms with Gasteiger partial charge in [-0.2, -0.15) is 5.10 Å². The lowest BCUT2D eigenvalue weighted by Gasteiger charge is -2.06. The fourth-order valence-electron chi connectivity index (χ4n) is 2.57. The Morgan fingerprint density at radius 3 is 2.74 bits per heavy atom. The van der Waals surface area contributed by atoms with Crippen LogP contribution in [0.15, 0.2) is 64.9 Å². The van der Waals surface area contributed by atoms with E-state index in [0.717, 1.165) is 29.1 Å². The van der Waals surface area contributed by atoms with Crippen molar-refractivity contribution >= 4 is 23.9 Å². The van der Waals surface area contributed by atoms with E-state index in [1.807, 2.05) is 73.0 Å². The van der Waals surface area contributed by atoms with Crippen LogP contribution < -0.4 is 5.43 Å². The Bertz CT molecular complexity index is 937. The lowest BCUT2D eigenvalue weighted by atomic mass is 10.2. The van der Waals surface area contributed by atoms with Crippen molar-refractivity contribution in [2.45, 2.75) is 25.5 Å². The van der Waals surface area contributed by atoms with Crippen LogP contribution in [0.3, 0.4) is 0 Å². The highest BCUT2D eigenvalue weighted by molar-refractivity contribution is 7.99. The molecule has 0 aliphatic carbocycles. The number of carbonyl (C=O) groups excluding carboxylic acids is 1. The van der Waals surface area contributed by atoms with Crippen LogP contribution in [0.1, 0.15) is 18.1 Å². The highest BCUT2D eigenvalue weighted by Crippen LogP contribution is 2.23. The van der Waals surface area contributed by atoms with Crippen molar-refractivity contribution < 1.29 is 4.79 Å². The van der Waals surface area contributed by atoms with Crippen molar-refractivity contribution in [1.29, 1.82) is 0 Å². The summed E-state index contributed by atoms with van der Waals surface area (Å²) in [5, 5.41) is 13.2. The first-order valence-corrected chi connectivity index (χ1v) is 9.66. The molecule has 1 N–H and O–H groups in total. The molecule has 138 valence electrons. The number of benzene rings is 2. The van der Waals surface area contributed by atoms with Crippen LogP contribution in [0.2, 0.25) is 0 Å². The number of carbonyl (C=O) groups is 1. The summed E-state index contributed by atoms with van der Waals surface area (Å²) in [6.45, 7) is 4.78. The Kier molecular flexibility index (Phi) is 6.38. The highest BCUT2D eigenvalue weighted by Gasteiger charge is 2.14. The summed E-state index contributed by atoms with van der Waals surface area (Å²) in [7, 11) is 0. The zero-order chi connectivity index (χ0) is 19.1.